The first kappa shape index (κ1) is 12.8. The third-order valence-corrected chi connectivity index (χ3v) is 2.39. The van der Waals surface area contributed by atoms with E-state index in [2.05, 4.69) is 23.4 Å². The van der Waals surface area contributed by atoms with Gasteiger partial charge in [-0.2, -0.15) is 12.6 Å². The van der Waals surface area contributed by atoms with Crippen molar-refractivity contribution in [3.05, 3.63) is 41.5 Å². The van der Waals surface area contributed by atoms with E-state index in [0.717, 1.165) is 23.3 Å². The zero-order valence-electron chi connectivity index (χ0n) is 9.35. The molecular formula is C13H16O2S. The number of ether oxygens (including phenoxy) is 1. The van der Waals surface area contributed by atoms with Crippen molar-refractivity contribution in [2.45, 2.75) is 12.8 Å². The summed E-state index contributed by atoms with van der Waals surface area (Å²) < 4.78 is 4.63. The lowest BCUT2D eigenvalue weighted by atomic mass is 10.1. The molecule has 1 aromatic carbocycles. The Bertz CT molecular complexity index is 372. The van der Waals surface area contributed by atoms with Gasteiger partial charge in [0.05, 0.1) is 13.5 Å². The molecule has 0 aliphatic rings. The summed E-state index contributed by atoms with van der Waals surface area (Å²) in [6.45, 7) is 0. The molecule has 0 heterocycles. The fourth-order valence-corrected chi connectivity index (χ4v) is 1.49. The first-order valence-electron chi connectivity index (χ1n) is 5.19. The van der Waals surface area contributed by atoms with Crippen molar-refractivity contribution in [3.63, 3.8) is 0 Å². The van der Waals surface area contributed by atoms with Crippen LogP contribution in [0.4, 0.5) is 0 Å². The Hall–Kier alpha value is -1.22. The molecule has 1 aromatic rings. The van der Waals surface area contributed by atoms with Crippen LogP contribution in [-0.4, -0.2) is 18.8 Å². The number of hydrogen-bond donors (Lipinski definition) is 1. The van der Waals surface area contributed by atoms with E-state index in [1.807, 2.05) is 30.3 Å². The Morgan fingerprint density at radius 3 is 3.00 bits per heavy atom. The smallest absolute Gasteiger partial charge is 0.309 e. The average Bonchev–Trinajstić information content (AvgIpc) is 2.30. The summed E-state index contributed by atoms with van der Waals surface area (Å²) in [7, 11) is 1.40. The number of esters is 1. The van der Waals surface area contributed by atoms with Gasteiger partial charge in [-0.05, 0) is 23.3 Å². The first-order valence-corrected chi connectivity index (χ1v) is 5.82. The Kier molecular flexibility index (Phi) is 5.72. The van der Waals surface area contributed by atoms with Crippen LogP contribution >= 0.6 is 12.6 Å². The minimum absolute atomic E-state index is 0.212. The quantitative estimate of drug-likeness (QED) is 0.628. The van der Waals surface area contributed by atoms with E-state index in [1.165, 1.54) is 7.11 Å². The molecule has 0 saturated heterocycles. The maximum Gasteiger partial charge on any atom is 0.309 e. The highest BCUT2D eigenvalue weighted by atomic mass is 32.1. The second-order valence-electron chi connectivity index (χ2n) is 3.41. The molecule has 0 aromatic heterocycles. The fraction of sp³-hybridized carbons (Fsp3) is 0.308. The van der Waals surface area contributed by atoms with Crippen LogP contribution in [0.5, 0.6) is 0 Å². The van der Waals surface area contributed by atoms with Crippen molar-refractivity contribution in [2.24, 2.45) is 0 Å². The van der Waals surface area contributed by atoms with Gasteiger partial charge in [-0.1, -0.05) is 36.4 Å². The van der Waals surface area contributed by atoms with Crippen molar-refractivity contribution >= 4 is 24.7 Å². The lowest BCUT2D eigenvalue weighted by Crippen LogP contribution is -2.04. The largest absolute Gasteiger partial charge is 0.469 e. The zero-order valence-corrected chi connectivity index (χ0v) is 10.2. The van der Waals surface area contributed by atoms with E-state index < -0.39 is 0 Å². The summed E-state index contributed by atoms with van der Waals surface area (Å²) in [5.74, 6) is 0.634. The lowest BCUT2D eigenvalue weighted by Gasteiger charge is -2.01. The first-order chi connectivity index (χ1) is 7.76. The molecule has 0 amide bonds. The number of rotatable bonds is 5. The summed E-state index contributed by atoms with van der Waals surface area (Å²) in [6.07, 6.45) is 5.39. The molecule has 0 saturated carbocycles. The van der Waals surface area contributed by atoms with Crippen LogP contribution in [0.2, 0.25) is 0 Å². The van der Waals surface area contributed by atoms with Crippen molar-refractivity contribution in [1.29, 1.82) is 0 Å². The van der Waals surface area contributed by atoms with Crippen LogP contribution in [0, 0.1) is 0 Å². The fourth-order valence-electron chi connectivity index (χ4n) is 1.34. The lowest BCUT2D eigenvalue weighted by molar-refractivity contribution is -0.139. The summed E-state index contributed by atoms with van der Waals surface area (Å²) in [4.78, 5) is 11.1. The van der Waals surface area contributed by atoms with E-state index in [0.29, 0.717) is 6.42 Å². The number of methoxy groups -OCH3 is 1. The Balaban J connectivity index is 2.67. The SMILES string of the molecule is COC(=O)Cc1cccc(C=CCCS)c1. The molecule has 0 aliphatic heterocycles. The van der Waals surface area contributed by atoms with E-state index in [4.69, 9.17) is 0 Å². The van der Waals surface area contributed by atoms with Gasteiger partial charge in [0.25, 0.3) is 0 Å². The molecule has 0 unspecified atom stereocenters. The van der Waals surface area contributed by atoms with E-state index in [-0.39, 0.29) is 5.97 Å². The normalized spacial score (nSPS) is 10.6. The minimum Gasteiger partial charge on any atom is -0.469 e. The minimum atomic E-state index is -0.212. The van der Waals surface area contributed by atoms with Crippen molar-refractivity contribution in [1.82, 2.24) is 0 Å². The van der Waals surface area contributed by atoms with Gasteiger partial charge in [-0.15, -0.1) is 0 Å². The van der Waals surface area contributed by atoms with Gasteiger partial charge in [-0.3, -0.25) is 4.79 Å². The van der Waals surface area contributed by atoms with Crippen LogP contribution in [0.1, 0.15) is 17.5 Å². The molecule has 0 aliphatic carbocycles. The van der Waals surface area contributed by atoms with Crippen molar-refractivity contribution in [3.8, 4) is 0 Å². The molecule has 0 radical (unpaired) electrons. The Morgan fingerprint density at radius 2 is 2.31 bits per heavy atom. The number of carbonyl (C=O) groups is 1. The number of thiol groups is 1. The van der Waals surface area contributed by atoms with Gasteiger partial charge in [0, 0.05) is 0 Å². The van der Waals surface area contributed by atoms with Gasteiger partial charge < -0.3 is 4.74 Å². The monoisotopic (exact) mass is 236 g/mol. The highest BCUT2D eigenvalue weighted by Crippen LogP contribution is 2.09. The summed E-state index contributed by atoms with van der Waals surface area (Å²) >= 11 is 4.13. The molecule has 0 fully saturated rings. The van der Waals surface area contributed by atoms with Gasteiger partial charge in [-0.25, -0.2) is 0 Å². The molecule has 1 rings (SSSR count). The van der Waals surface area contributed by atoms with E-state index in [9.17, 15) is 4.79 Å². The standard InChI is InChI=1S/C13H16O2S/c1-15-13(14)10-12-7-4-6-11(9-12)5-2-3-8-16/h2,4-7,9,16H,3,8,10H2,1H3. The molecule has 0 bridgehead atoms. The molecule has 16 heavy (non-hydrogen) atoms. The van der Waals surface area contributed by atoms with E-state index >= 15 is 0 Å². The number of hydrogen-bond acceptors (Lipinski definition) is 3. The van der Waals surface area contributed by atoms with Crippen molar-refractivity contribution < 1.29 is 9.53 Å². The Morgan fingerprint density at radius 1 is 1.50 bits per heavy atom. The molecule has 3 heteroatoms. The highest BCUT2D eigenvalue weighted by molar-refractivity contribution is 7.80. The molecular weight excluding hydrogens is 220 g/mol. The van der Waals surface area contributed by atoms with E-state index in [1.54, 1.807) is 0 Å². The third-order valence-electron chi connectivity index (χ3n) is 2.13. The van der Waals surface area contributed by atoms with Crippen LogP contribution in [0.3, 0.4) is 0 Å². The number of allylic oxidation sites excluding steroid dienone is 1. The van der Waals surface area contributed by atoms with Crippen LogP contribution in [0.25, 0.3) is 6.08 Å². The van der Waals surface area contributed by atoms with Crippen LogP contribution in [-0.2, 0) is 16.0 Å². The van der Waals surface area contributed by atoms with Gasteiger partial charge in [0.15, 0.2) is 0 Å². The summed E-state index contributed by atoms with van der Waals surface area (Å²) in [6, 6.07) is 7.87. The second kappa shape index (κ2) is 7.12. The topological polar surface area (TPSA) is 26.3 Å². The summed E-state index contributed by atoms with van der Waals surface area (Å²) in [5, 5.41) is 0. The number of benzene rings is 1. The predicted octanol–water partition coefficient (Wildman–Crippen LogP) is 2.74. The van der Waals surface area contributed by atoms with Gasteiger partial charge in [0.1, 0.15) is 0 Å². The van der Waals surface area contributed by atoms with Gasteiger partial charge >= 0.3 is 5.97 Å². The summed E-state index contributed by atoms with van der Waals surface area (Å²) in [5.41, 5.74) is 2.07. The molecule has 0 spiro atoms. The second-order valence-corrected chi connectivity index (χ2v) is 3.86. The van der Waals surface area contributed by atoms with Gasteiger partial charge in [0.2, 0.25) is 0 Å². The van der Waals surface area contributed by atoms with Crippen LogP contribution < -0.4 is 0 Å². The maximum absolute atomic E-state index is 11.1. The number of carbonyl (C=O) groups excluding carboxylic acids is 1. The molecule has 0 N–H and O–H groups in total. The predicted molar refractivity (Wildman–Crippen MR) is 69.7 cm³/mol. The zero-order chi connectivity index (χ0) is 11.8. The Labute approximate surface area is 102 Å². The maximum atomic E-state index is 11.1. The molecule has 0 atom stereocenters. The third kappa shape index (κ3) is 4.53. The highest BCUT2D eigenvalue weighted by Gasteiger charge is 2.02. The molecule has 2 nitrogen and oxygen atoms in total. The molecule has 86 valence electrons. The van der Waals surface area contributed by atoms with Crippen molar-refractivity contribution in [2.75, 3.05) is 12.9 Å². The van der Waals surface area contributed by atoms with Crippen LogP contribution in [0.15, 0.2) is 30.3 Å². The average molecular weight is 236 g/mol.